The van der Waals surface area contributed by atoms with E-state index in [1.165, 1.54) is 12.8 Å². The largest absolute Gasteiger partial charge is 0.341 e. The molecule has 2 heterocycles. The van der Waals surface area contributed by atoms with Gasteiger partial charge in [-0.2, -0.15) is 0 Å². The standard InChI is InChI=1S/C11H20N2O/c1-2-3-11(14)13-7-5-9-4-6-12-10(9)8-13/h9-10,12H,2-8H2,1H3/t9-,10+/m0/s1. The van der Waals surface area contributed by atoms with Crippen molar-refractivity contribution in [1.29, 1.82) is 0 Å². The number of rotatable bonds is 2. The molecular formula is C11H20N2O. The lowest BCUT2D eigenvalue weighted by Gasteiger charge is -2.34. The number of nitrogens with one attached hydrogen (secondary N) is 1. The lowest BCUT2D eigenvalue weighted by molar-refractivity contribution is -0.132. The second-order valence-electron chi connectivity index (χ2n) is 4.49. The molecule has 2 atom stereocenters. The monoisotopic (exact) mass is 196 g/mol. The molecule has 2 rings (SSSR count). The molecule has 1 amide bonds. The normalized spacial score (nSPS) is 31.6. The van der Waals surface area contributed by atoms with Crippen LogP contribution in [0.15, 0.2) is 0 Å². The van der Waals surface area contributed by atoms with E-state index < -0.39 is 0 Å². The van der Waals surface area contributed by atoms with Crippen molar-refractivity contribution in [3.8, 4) is 0 Å². The molecule has 0 bridgehead atoms. The summed E-state index contributed by atoms with van der Waals surface area (Å²) in [4.78, 5) is 13.7. The number of likely N-dealkylation sites (tertiary alicyclic amines) is 1. The minimum Gasteiger partial charge on any atom is -0.341 e. The molecule has 0 saturated carbocycles. The van der Waals surface area contributed by atoms with E-state index >= 15 is 0 Å². The molecule has 0 aromatic rings. The van der Waals surface area contributed by atoms with Gasteiger partial charge in [0, 0.05) is 25.6 Å². The number of fused-ring (bicyclic) bond motifs is 1. The van der Waals surface area contributed by atoms with Crippen molar-refractivity contribution in [2.75, 3.05) is 19.6 Å². The maximum Gasteiger partial charge on any atom is 0.222 e. The molecule has 2 aliphatic rings. The van der Waals surface area contributed by atoms with Crippen molar-refractivity contribution in [1.82, 2.24) is 10.2 Å². The van der Waals surface area contributed by atoms with Crippen LogP contribution in [0.4, 0.5) is 0 Å². The molecule has 3 nitrogen and oxygen atoms in total. The zero-order chi connectivity index (χ0) is 9.97. The van der Waals surface area contributed by atoms with E-state index in [0.717, 1.165) is 38.4 Å². The van der Waals surface area contributed by atoms with Gasteiger partial charge >= 0.3 is 0 Å². The maximum atomic E-state index is 11.7. The van der Waals surface area contributed by atoms with Gasteiger partial charge in [-0.15, -0.1) is 0 Å². The molecule has 80 valence electrons. The number of nitrogens with zero attached hydrogens (tertiary/aromatic N) is 1. The summed E-state index contributed by atoms with van der Waals surface area (Å²) >= 11 is 0. The van der Waals surface area contributed by atoms with E-state index in [0.29, 0.717) is 11.9 Å². The minimum absolute atomic E-state index is 0.347. The highest BCUT2D eigenvalue weighted by molar-refractivity contribution is 5.76. The van der Waals surface area contributed by atoms with Crippen LogP contribution in [0, 0.1) is 5.92 Å². The summed E-state index contributed by atoms with van der Waals surface area (Å²) in [6, 6.07) is 0.588. The van der Waals surface area contributed by atoms with E-state index in [2.05, 4.69) is 12.2 Å². The van der Waals surface area contributed by atoms with Gasteiger partial charge in [0.1, 0.15) is 0 Å². The second kappa shape index (κ2) is 4.30. The van der Waals surface area contributed by atoms with Crippen LogP contribution in [0.1, 0.15) is 32.6 Å². The van der Waals surface area contributed by atoms with Gasteiger partial charge in [0.2, 0.25) is 5.91 Å². The van der Waals surface area contributed by atoms with Gasteiger partial charge < -0.3 is 10.2 Å². The number of carbonyl (C=O) groups is 1. The Kier molecular flexibility index (Phi) is 3.06. The van der Waals surface area contributed by atoms with E-state index in [9.17, 15) is 4.79 Å². The van der Waals surface area contributed by atoms with Gasteiger partial charge in [-0.25, -0.2) is 0 Å². The van der Waals surface area contributed by atoms with Crippen molar-refractivity contribution in [3.05, 3.63) is 0 Å². The van der Waals surface area contributed by atoms with Gasteiger partial charge in [-0.05, 0) is 31.7 Å². The molecule has 1 N–H and O–H groups in total. The highest BCUT2D eigenvalue weighted by Gasteiger charge is 2.33. The molecule has 0 aliphatic carbocycles. The number of hydrogen-bond donors (Lipinski definition) is 1. The summed E-state index contributed by atoms with van der Waals surface area (Å²) in [6.45, 7) is 5.15. The van der Waals surface area contributed by atoms with Crippen LogP contribution in [-0.4, -0.2) is 36.5 Å². The Bertz CT molecular complexity index is 217. The molecule has 0 aromatic heterocycles. The number of amides is 1. The zero-order valence-corrected chi connectivity index (χ0v) is 8.96. The van der Waals surface area contributed by atoms with Crippen molar-refractivity contribution in [3.63, 3.8) is 0 Å². The van der Waals surface area contributed by atoms with Crippen LogP contribution in [0.2, 0.25) is 0 Å². The molecule has 0 radical (unpaired) electrons. The molecule has 2 aliphatic heterocycles. The first-order valence-corrected chi connectivity index (χ1v) is 5.82. The van der Waals surface area contributed by atoms with Crippen LogP contribution in [0.3, 0.4) is 0 Å². The summed E-state index contributed by atoms with van der Waals surface area (Å²) in [7, 11) is 0. The van der Waals surface area contributed by atoms with Crippen LogP contribution < -0.4 is 5.32 Å². The van der Waals surface area contributed by atoms with Crippen molar-refractivity contribution < 1.29 is 4.79 Å². The molecule has 2 fully saturated rings. The van der Waals surface area contributed by atoms with E-state index in [-0.39, 0.29) is 0 Å². The Hall–Kier alpha value is -0.570. The minimum atomic E-state index is 0.347. The van der Waals surface area contributed by atoms with Crippen molar-refractivity contribution >= 4 is 5.91 Å². The maximum absolute atomic E-state index is 11.7. The van der Waals surface area contributed by atoms with Crippen molar-refractivity contribution in [2.24, 2.45) is 5.92 Å². The second-order valence-corrected chi connectivity index (χ2v) is 4.49. The summed E-state index contributed by atoms with van der Waals surface area (Å²) in [6.07, 6.45) is 4.20. The zero-order valence-electron chi connectivity index (χ0n) is 8.96. The smallest absolute Gasteiger partial charge is 0.222 e. The fourth-order valence-electron chi connectivity index (χ4n) is 2.63. The predicted octanol–water partition coefficient (Wildman–Crippen LogP) is 0.997. The quantitative estimate of drug-likeness (QED) is 0.714. The van der Waals surface area contributed by atoms with E-state index in [4.69, 9.17) is 0 Å². The lowest BCUT2D eigenvalue weighted by atomic mass is 9.92. The Labute approximate surface area is 85.8 Å². The third-order valence-electron chi connectivity index (χ3n) is 3.49. The van der Waals surface area contributed by atoms with Crippen LogP contribution in [-0.2, 0) is 4.79 Å². The van der Waals surface area contributed by atoms with E-state index in [1.807, 2.05) is 4.90 Å². The SMILES string of the molecule is CCCC(=O)N1CC[C@@H]2CCN[C@@H]2C1. The number of carbonyl (C=O) groups excluding carboxylic acids is 1. The first-order chi connectivity index (χ1) is 6.81. The summed E-state index contributed by atoms with van der Waals surface area (Å²) in [5.74, 6) is 1.18. The Morgan fingerprint density at radius 1 is 1.50 bits per heavy atom. The first-order valence-electron chi connectivity index (χ1n) is 5.82. The Morgan fingerprint density at radius 2 is 2.36 bits per heavy atom. The third-order valence-corrected chi connectivity index (χ3v) is 3.49. The van der Waals surface area contributed by atoms with Crippen LogP contribution in [0.5, 0.6) is 0 Å². The average Bonchev–Trinajstić information content (AvgIpc) is 2.64. The molecular weight excluding hydrogens is 176 g/mol. The Balaban J connectivity index is 1.87. The van der Waals surface area contributed by atoms with Crippen LogP contribution >= 0.6 is 0 Å². The van der Waals surface area contributed by atoms with Gasteiger partial charge in [0.25, 0.3) is 0 Å². The van der Waals surface area contributed by atoms with Gasteiger partial charge in [0.05, 0.1) is 0 Å². The summed E-state index contributed by atoms with van der Waals surface area (Å²) in [5, 5.41) is 3.49. The third kappa shape index (κ3) is 1.92. The fourth-order valence-corrected chi connectivity index (χ4v) is 2.63. The number of piperidine rings is 1. The number of hydrogen-bond acceptors (Lipinski definition) is 2. The molecule has 0 spiro atoms. The van der Waals surface area contributed by atoms with Crippen LogP contribution in [0.25, 0.3) is 0 Å². The topological polar surface area (TPSA) is 32.3 Å². The van der Waals surface area contributed by atoms with Gasteiger partial charge in [0.15, 0.2) is 0 Å². The Morgan fingerprint density at radius 3 is 3.14 bits per heavy atom. The van der Waals surface area contributed by atoms with E-state index in [1.54, 1.807) is 0 Å². The molecule has 0 unspecified atom stereocenters. The highest BCUT2D eigenvalue weighted by Crippen LogP contribution is 2.25. The lowest BCUT2D eigenvalue weighted by Crippen LogP contribution is -2.48. The predicted molar refractivity (Wildman–Crippen MR) is 56.0 cm³/mol. The fraction of sp³-hybridized carbons (Fsp3) is 0.909. The summed E-state index contributed by atoms with van der Waals surface area (Å²) < 4.78 is 0. The van der Waals surface area contributed by atoms with Gasteiger partial charge in [-0.3, -0.25) is 4.79 Å². The molecule has 14 heavy (non-hydrogen) atoms. The summed E-state index contributed by atoms with van der Waals surface area (Å²) in [5.41, 5.74) is 0. The molecule has 2 saturated heterocycles. The van der Waals surface area contributed by atoms with Crippen molar-refractivity contribution in [2.45, 2.75) is 38.6 Å². The first kappa shape index (κ1) is 9.97. The molecule has 0 aromatic carbocycles. The average molecular weight is 196 g/mol. The molecule has 3 heteroatoms. The van der Waals surface area contributed by atoms with Gasteiger partial charge in [-0.1, -0.05) is 6.92 Å². The highest BCUT2D eigenvalue weighted by atomic mass is 16.2.